The molecule has 0 bridgehead atoms. The van der Waals surface area contributed by atoms with Crippen molar-refractivity contribution in [2.75, 3.05) is 19.6 Å². The fraction of sp³-hybridized carbons (Fsp3) is 0.353. The van der Waals surface area contributed by atoms with E-state index >= 15 is 0 Å². The summed E-state index contributed by atoms with van der Waals surface area (Å²) in [5.41, 5.74) is 4.39. The Hall–Kier alpha value is -4.66. The Balaban J connectivity index is 1.41. The van der Waals surface area contributed by atoms with Crippen LogP contribution in [0, 0.1) is 19.8 Å². The van der Waals surface area contributed by atoms with Gasteiger partial charge in [0.1, 0.15) is 5.60 Å². The summed E-state index contributed by atoms with van der Waals surface area (Å²) in [4.78, 5) is 55.3. The number of benzene rings is 2. The van der Waals surface area contributed by atoms with Crippen LogP contribution in [0.25, 0.3) is 11.6 Å². The Kier molecular flexibility index (Phi) is 9.53. The number of aromatic amines is 1. The maximum atomic E-state index is 13.1. The Morgan fingerprint density at radius 3 is 2.35 bits per heavy atom. The first-order valence-corrected chi connectivity index (χ1v) is 14.4. The van der Waals surface area contributed by atoms with Crippen LogP contribution in [0.4, 0.5) is 4.79 Å². The van der Waals surface area contributed by atoms with Crippen molar-refractivity contribution in [1.82, 2.24) is 20.5 Å². The van der Waals surface area contributed by atoms with Crippen LogP contribution in [0.1, 0.15) is 82.5 Å². The largest absolute Gasteiger partial charge is 0.444 e. The van der Waals surface area contributed by atoms with Crippen LogP contribution >= 0.6 is 0 Å². The van der Waals surface area contributed by atoms with Crippen LogP contribution in [0.2, 0.25) is 0 Å². The standard InChI is InChI=1S/C34H40N4O5/c1-21-29(36-23(3)30(21)32(41)35-17-24-18-38(19-24)33(42)43-34(4,5)6)16-28(20-39)26-13-10-14-27(15-26)31(40)37-22(2)25-11-8-7-9-12-25/h7-16,20,22,24,36H,17-19H2,1-6H3,(H,35,41)(H,37,40)/b28-16+. The van der Waals surface area contributed by atoms with Crippen molar-refractivity contribution in [3.63, 3.8) is 0 Å². The fourth-order valence-corrected chi connectivity index (χ4v) is 5.04. The number of carbonyl (C=O) groups is 4. The van der Waals surface area contributed by atoms with E-state index in [2.05, 4.69) is 15.6 Å². The van der Waals surface area contributed by atoms with Crippen molar-refractivity contribution >= 4 is 35.8 Å². The van der Waals surface area contributed by atoms with Gasteiger partial charge in [0, 0.05) is 48.1 Å². The maximum absolute atomic E-state index is 13.1. The van der Waals surface area contributed by atoms with Gasteiger partial charge in [0.15, 0.2) is 6.29 Å². The van der Waals surface area contributed by atoms with Crippen LogP contribution in [0.15, 0.2) is 54.6 Å². The molecule has 9 nitrogen and oxygen atoms in total. The average Bonchev–Trinajstić information content (AvgIpc) is 3.22. The minimum Gasteiger partial charge on any atom is -0.444 e. The van der Waals surface area contributed by atoms with Gasteiger partial charge >= 0.3 is 6.09 Å². The molecule has 0 saturated carbocycles. The van der Waals surface area contributed by atoms with Crippen molar-refractivity contribution in [3.8, 4) is 0 Å². The average molecular weight is 585 g/mol. The van der Waals surface area contributed by atoms with Gasteiger partial charge in [-0.15, -0.1) is 0 Å². The first-order valence-electron chi connectivity index (χ1n) is 14.4. The number of aldehydes is 1. The summed E-state index contributed by atoms with van der Waals surface area (Å²) in [7, 11) is 0. The summed E-state index contributed by atoms with van der Waals surface area (Å²) in [6.07, 6.45) is 2.09. The first kappa shape index (κ1) is 31.3. The minimum absolute atomic E-state index is 0.150. The van der Waals surface area contributed by atoms with Gasteiger partial charge in [-0.05, 0) is 76.4 Å². The van der Waals surface area contributed by atoms with Crippen molar-refractivity contribution in [2.45, 2.75) is 53.2 Å². The second kappa shape index (κ2) is 13.1. The molecule has 0 radical (unpaired) electrons. The SMILES string of the molecule is Cc1[nH]c(/C=C(\C=O)c2cccc(C(=O)NC(C)c3ccccc3)c2)c(C)c1C(=O)NCC1CN(C(=O)OC(C)(C)C)C1. The molecule has 43 heavy (non-hydrogen) atoms. The third-order valence-electron chi connectivity index (χ3n) is 7.40. The van der Waals surface area contributed by atoms with Crippen molar-refractivity contribution < 1.29 is 23.9 Å². The van der Waals surface area contributed by atoms with Crippen LogP contribution in [0.3, 0.4) is 0 Å². The smallest absolute Gasteiger partial charge is 0.410 e. The molecule has 1 aromatic heterocycles. The highest BCUT2D eigenvalue weighted by atomic mass is 16.6. The van der Waals surface area contributed by atoms with E-state index in [9.17, 15) is 19.2 Å². The minimum atomic E-state index is -0.547. The fourth-order valence-electron chi connectivity index (χ4n) is 5.04. The van der Waals surface area contributed by atoms with E-state index in [4.69, 9.17) is 4.74 Å². The molecule has 3 aromatic rings. The summed E-state index contributed by atoms with van der Waals surface area (Å²) in [6, 6.07) is 16.4. The van der Waals surface area contributed by atoms with E-state index in [0.29, 0.717) is 58.8 Å². The molecule has 2 heterocycles. The zero-order chi connectivity index (χ0) is 31.3. The lowest BCUT2D eigenvalue weighted by atomic mass is 10.00. The zero-order valence-corrected chi connectivity index (χ0v) is 25.6. The quantitative estimate of drug-likeness (QED) is 0.228. The molecule has 9 heteroatoms. The van der Waals surface area contributed by atoms with Gasteiger partial charge in [-0.2, -0.15) is 0 Å². The zero-order valence-electron chi connectivity index (χ0n) is 25.6. The van der Waals surface area contributed by atoms with Gasteiger partial charge in [-0.1, -0.05) is 42.5 Å². The first-order chi connectivity index (χ1) is 20.4. The number of H-pyrrole nitrogens is 1. The normalized spacial score (nSPS) is 14.5. The van der Waals surface area contributed by atoms with Gasteiger partial charge in [-0.3, -0.25) is 14.4 Å². The second-order valence-electron chi connectivity index (χ2n) is 12.0. The molecule has 1 aliphatic heterocycles. The number of rotatable bonds is 9. The molecule has 1 aliphatic rings. The number of carbonyl (C=O) groups excluding carboxylic acids is 4. The predicted molar refractivity (Wildman–Crippen MR) is 167 cm³/mol. The molecule has 0 spiro atoms. The molecule has 4 rings (SSSR count). The van der Waals surface area contributed by atoms with Crippen molar-refractivity contribution in [2.24, 2.45) is 5.92 Å². The molecule has 3 amide bonds. The molecule has 1 fully saturated rings. The monoisotopic (exact) mass is 584 g/mol. The lowest BCUT2D eigenvalue weighted by Gasteiger charge is -2.39. The molecular weight excluding hydrogens is 544 g/mol. The topological polar surface area (TPSA) is 121 Å². The molecule has 226 valence electrons. The summed E-state index contributed by atoms with van der Waals surface area (Å²) in [5.74, 6) is -0.312. The summed E-state index contributed by atoms with van der Waals surface area (Å²) in [6.45, 7) is 12.5. The van der Waals surface area contributed by atoms with Gasteiger partial charge in [0.2, 0.25) is 0 Å². The molecule has 3 N–H and O–H groups in total. The van der Waals surface area contributed by atoms with Crippen LogP contribution < -0.4 is 10.6 Å². The molecular formula is C34H40N4O5. The Morgan fingerprint density at radius 1 is 1.02 bits per heavy atom. The number of hydrogen-bond donors (Lipinski definition) is 3. The Labute approximate surface area is 252 Å². The van der Waals surface area contributed by atoms with E-state index in [1.807, 2.05) is 71.9 Å². The predicted octanol–water partition coefficient (Wildman–Crippen LogP) is 5.46. The van der Waals surface area contributed by atoms with E-state index in [0.717, 1.165) is 11.8 Å². The van der Waals surface area contributed by atoms with E-state index in [1.54, 1.807) is 35.2 Å². The molecule has 0 aliphatic carbocycles. The van der Waals surface area contributed by atoms with Gasteiger partial charge < -0.3 is 25.3 Å². The Bertz CT molecular complexity index is 1530. The van der Waals surface area contributed by atoms with E-state index in [-0.39, 0.29) is 29.9 Å². The molecule has 1 saturated heterocycles. The summed E-state index contributed by atoms with van der Waals surface area (Å²) in [5, 5.41) is 5.98. The molecule has 1 unspecified atom stereocenters. The number of amides is 3. The highest BCUT2D eigenvalue weighted by Crippen LogP contribution is 2.25. The van der Waals surface area contributed by atoms with E-state index < -0.39 is 5.60 Å². The van der Waals surface area contributed by atoms with Crippen LogP contribution in [0.5, 0.6) is 0 Å². The number of aryl methyl sites for hydroxylation is 1. The van der Waals surface area contributed by atoms with E-state index in [1.165, 1.54) is 0 Å². The lowest BCUT2D eigenvalue weighted by Crippen LogP contribution is -2.54. The maximum Gasteiger partial charge on any atom is 0.410 e. The van der Waals surface area contributed by atoms with Crippen molar-refractivity contribution in [3.05, 3.63) is 93.8 Å². The lowest BCUT2D eigenvalue weighted by molar-refractivity contribution is -0.103. The van der Waals surface area contributed by atoms with Gasteiger partial charge in [0.25, 0.3) is 11.8 Å². The number of nitrogens with one attached hydrogen (secondary N) is 3. The number of hydrogen-bond acceptors (Lipinski definition) is 5. The summed E-state index contributed by atoms with van der Waals surface area (Å²) < 4.78 is 5.39. The highest BCUT2D eigenvalue weighted by Gasteiger charge is 2.34. The number of likely N-dealkylation sites (tertiary alicyclic amines) is 1. The number of nitrogens with zero attached hydrogens (tertiary/aromatic N) is 1. The highest BCUT2D eigenvalue weighted by molar-refractivity contribution is 6.14. The third-order valence-corrected chi connectivity index (χ3v) is 7.40. The molecule has 1 atom stereocenters. The third kappa shape index (κ3) is 7.80. The van der Waals surface area contributed by atoms with Gasteiger partial charge in [-0.25, -0.2) is 4.79 Å². The summed E-state index contributed by atoms with van der Waals surface area (Å²) >= 11 is 0. The van der Waals surface area contributed by atoms with Gasteiger partial charge in [0.05, 0.1) is 11.6 Å². The molecule has 2 aromatic carbocycles. The number of aromatic nitrogens is 1. The van der Waals surface area contributed by atoms with Crippen molar-refractivity contribution in [1.29, 1.82) is 0 Å². The number of ether oxygens (including phenoxy) is 1. The Morgan fingerprint density at radius 2 is 1.70 bits per heavy atom. The van der Waals surface area contributed by atoms with Crippen LogP contribution in [-0.4, -0.2) is 59.3 Å². The second-order valence-corrected chi connectivity index (χ2v) is 12.0. The van der Waals surface area contributed by atoms with Crippen LogP contribution in [-0.2, 0) is 9.53 Å². The number of allylic oxidation sites excluding steroid dienone is 1.